The predicted molar refractivity (Wildman–Crippen MR) is 82.9 cm³/mol. The Morgan fingerprint density at radius 3 is 2.85 bits per heavy atom. The Bertz CT molecular complexity index is 409. The average molecular weight is 277 g/mol. The molecule has 2 heterocycles. The molecule has 2 rings (SSSR count). The zero-order chi connectivity index (χ0) is 14.4. The van der Waals surface area contributed by atoms with Gasteiger partial charge in [0.1, 0.15) is 0 Å². The number of aryl methyl sites for hydroxylation is 1. The van der Waals surface area contributed by atoms with Crippen LogP contribution in [0.2, 0.25) is 0 Å². The van der Waals surface area contributed by atoms with E-state index in [0.29, 0.717) is 6.04 Å². The fourth-order valence-corrected chi connectivity index (χ4v) is 2.93. The average Bonchev–Trinajstić information content (AvgIpc) is 2.70. The topological polar surface area (TPSA) is 58.3 Å². The quantitative estimate of drug-likeness (QED) is 0.882. The minimum atomic E-state index is 0.623. The second-order valence-corrected chi connectivity index (χ2v) is 5.51. The van der Waals surface area contributed by atoms with Gasteiger partial charge in [-0.3, -0.25) is 4.90 Å². The first-order valence-corrected chi connectivity index (χ1v) is 7.73. The molecule has 5 nitrogen and oxygen atoms in total. The Morgan fingerprint density at radius 1 is 1.30 bits per heavy atom. The lowest BCUT2D eigenvalue weighted by Crippen LogP contribution is -2.39. The Hall–Kier alpha value is -1.20. The molecule has 0 radical (unpaired) electrons. The van der Waals surface area contributed by atoms with E-state index < -0.39 is 0 Å². The molecule has 20 heavy (non-hydrogen) atoms. The predicted octanol–water partition coefficient (Wildman–Crippen LogP) is 1.42. The van der Waals surface area contributed by atoms with Crippen molar-refractivity contribution in [1.29, 1.82) is 0 Å². The van der Waals surface area contributed by atoms with Gasteiger partial charge in [-0.2, -0.15) is 0 Å². The molecule has 1 aliphatic rings. The molecule has 0 saturated carbocycles. The number of anilines is 1. The summed E-state index contributed by atoms with van der Waals surface area (Å²) in [5.41, 5.74) is 6.76. The van der Waals surface area contributed by atoms with E-state index in [1.165, 1.54) is 12.8 Å². The van der Waals surface area contributed by atoms with Crippen LogP contribution in [0.1, 0.15) is 31.9 Å². The lowest BCUT2D eigenvalue weighted by molar-refractivity contribution is 0.196. The number of rotatable bonds is 5. The van der Waals surface area contributed by atoms with Gasteiger partial charge >= 0.3 is 0 Å². The summed E-state index contributed by atoms with van der Waals surface area (Å²) in [7, 11) is 0. The van der Waals surface area contributed by atoms with Crippen LogP contribution < -0.4 is 10.6 Å². The number of nitrogens with two attached hydrogens (primary N) is 1. The molecular formula is C15H27N5. The molecule has 0 spiro atoms. The first kappa shape index (κ1) is 15.2. The van der Waals surface area contributed by atoms with E-state index in [4.69, 9.17) is 5.73 Å². The standard InChI is InChI=1S/C15H27N5/c1-3-14(5-7-16)19-9-4-10-20(12-11-19)15-17-8-6-13(2)18-15/h6,8,14H,3-5,7,9-12,16H2,1-2H3. The van der Waals surface area contributed by atoms with Gasteiger partial charge in [0, 0.05) is 44.1 Å². The van der Waals surface area contributed by atoms with Crippen molar-refractivity contribution in [2.75, 3.05) is 37.6 Å². The van der Waals surface area contributed by atoms with Crippen LogP contribution >= 0.6 is 0 Å². The third kappa shape index (κ3) is 3.90. The largest absolute Gasteiger partial charge is 0.339 e. The summed E-state index contributed by atoms with van der Waals surface area (Å²) >= 11 is 0. The Kier molecular flexibility index (Phi) is 5.73. The van der Waals surface area contributed by atoms with Crippen LogP contribution in [-0.4, -0.2) is 53.6 Å². The summed E-state index contributed by atoms with van der Waals surface area (Å²) in [5.74, 6) is 0.874. The second kappa shape index (κ2) is 7.55. The smallest absolute Gasteiger partial charge is 0.225 e. The van der Waals surface area contributed by atoms with Gasteiger partial charge in [0.15, 0.2) is 0 Å². The first-order valence-electron chi connectivity index (χ1n) is 7.73. The normalized spacial score (nSPS) is 18.9. The molecule has 0 amide bonds. The summed E-state index contributed by atoms with van der Waals surface area (Å²) in [6.07, 6.45) is 5.29. The molecule has 1 unspecified atom stereocenters. The van der Waals surface area contributed by atoms with Crippen molar-refractivity contribution in [2.45, 2.75) is 39.2 Å². The van der Waals surface area contributed by atoms with Gasteiger partial charge in [0.05, 0.1) is 0 Å². The summed E-state index contributed by atoms with van der Waals surface area (Å²) in [6.45, 7) is 9.33. The van der Waals surface area contributed by atoms with Crippen LogP contribution in [0.15, 0.2) is 12.3 Å². The highest BCUT2D eigenvalue weighted by atomic mass is 15.3. The van der Waals surface area contributed by atoms with Crippen LogP contribution in [-0.2, 0) is 0 Å². The van der Waals surface area contributed by atoms with Crippen molar-refractivity contribution in [2.24, 2.45) is 5.73 Å². The van der Waals surface area contributed by atoms with E-state index in [2.05, 4.69) is 26.7 Å². The Labute approximate surface area is 122 Å². The highest BCUT2D eigenvalue weighted by Gasteiger charge is 2.21. The van der Waals surface area contributed by atoms with Crippen LogP contribution in [0.3, 0.4) is 0 Å². The van der Waals surface area contributed by atoms with Gasteiger partial charge < -0.3 is 10.6 Å². The molecular weight excluding hydrogens is 250 g/mol. The van der Waals surface area contributed by atoms with E-state index in [0.717, 1.165) is 50.8 Å². The van der Waals surface area contributed by atoms with Crippen molar-refractivity contribution in [3.8, 4) is 0 Å². The summed E-state index contributed by atoms with van der Waals surface area (Å²) < 4.78 is 0. The van der Waals surface area contributed by atoms with Gasteiger partial charge in [-0.25, -0.2) is 9.97 Å². The molecule has 1 aliphatic heterocycles. The molecule has 1 aromatic heterocycles. The molecule has 1 fully saturated rings. The van der Waals surface area contributed by atoms with E-state index in [1.54, 1.807) is 0 Å². The lowest BCUT2D eigenvalue weighted by Gasteiger charge is -2.29. The van der Waals surface area contributed by atoms with Gasteiger partial charge in [0.2, 0.25) is 5.95 Å². The SMILES string of the molecule is CCC(CCN)N1CCCN(c2nccc(C)n2)CC1. The summed E-state index contributed by atoms with van der Waals surface area (Å²) in [5, 5.41) is 0. The molecule has 0 aromatic carbocycles. The fraction of sp³-hybridized carbons (Fsp3) is 0.733. The number of hydrogen-bond acceptors (Lipinski definition) is 5. The molecule has 2 N–H and O–H groups in total. The van der Waals surface area contributed by atoms with E-state index in [9.17, 15) is 0 Å². The highest BCUT2D eigenvalue weighted by Crippen LogP contribution is 2.15. The first-order chi connectivity index (χ1) is 9.74. The van der Waals surface area contributed by atoms with Crippen LogP contribution in [0, 0.1) is 6.92 Å². The van der Waals surface area contributed by atoms with Gasteiger partial charge in [-0.15, -0.1) is 0 Å². The fourth-order valence-electron chi connectivity index (χ4n) is 2.93. The number of hydrogen-bond donors (Lipinski definition) is 1. The minimum Gasteiger partial charge on any atom is -0.339 e. The summed E-state index contributed by atoms with van der Waals surface area (Å²) in [6, 6.07) is 2.57. The van der Waals surface area contributed by atoms with Crippen LogP contribution in [0.4, 0.5) is 5.95 Å². The zero-order valence-electron chi connectivity index (χ0n) is 12.8. The van der Waals surface area contributed by atoms with Crippen molar-refractivity contribution < 1.29 is 0 Å². The molecule has 5 heteroatoms. The molecule has 1 aromatic rings. The van der Waals surface area contributed by atoms with Crippen molar-refractivity contribution in [1.82, 2.24) is 14.9 Å². The molecule has 1 saturated heterocycles. The van der Waals surface area contributed by atoms with Gasteiger partial charge in [-0.05, 0) is 38.8 Å². The summed E-state index contributed by atoms with van der Waals surface area (Å²) in [4.78, 5) is 13.8. The van der Waals surface area contributed by atoms with E-state index in [-0.39, 0.29) is 0 Å². The zero-order valence-corrected chi connectivity index (χ0v) is 12.8. The Morgan fingerprint density at radius 2 is 2.15 bits per heavy atom. The molecule has 1 atom stereocenters. The molecule has 0 aliphatic carbocycles. The number of nitrogens with zero attached hydrogens (tertiary/aromatic N) is 4. The molecule has 0 bridgehead atoms. The van der Waals surface area contributed by atoms with Crippen LogP contribution in [0.25, 0.3) is 0 Å². The van der Waals surface area contributed by atoms with E-state index >= 15 is 0 Å². The van der Waals surface area contributed by atoms with Crippen LogP contribution in [0.5, 0.6) is 0 Å². The molecule has 112 valence electrons. The third-order valence-corrected chi connectivity index (χ3v) is 4.08. The maximum Gasteiger partial charge on any atom is 0.225 e. The van der Waals surface area contributed by atoms with Crippen molar-refractivity contribution in [3.05, 3.63) is 18.0 Å². The van der Waals surface area contributed by atoms with Crippen molar-refractivity contribution in [3.63, 3.8) is 0 Å². The van der Waals surface area contributed by atoms with Crippen molar-refractivity contribution >= 4 is 5.95 Å². The Balaban J connectivity index is 1.98. The monoisotopic (exact) mass is 277 g/mol. The van der Waals surface area contributed by atoms with Gasteiger partial charge in [0.25, 0.3) is 0 Å². The lowest BCUT2D eigenvalue weighted by atomic mass is 10.1. The maximum atomic E-state index is 5.73. The van der Waals surface area contributed by atoms with E-state index in [1.807, 2.05) is 19.2 Å². The number of aromatic nitrogens is 2. The van der Waals surface area contributed by atoms with Gasteiger partial charge in [-0.1, -0.05) is 6.92 Å². The maximum absolute atomic E-state index is 5.73. The minimum absolute atomic E-state index is 0.623. The third-order valence-electron chi connectivity index (χ3n) is 4.08. The second-order valence-electron chi connectivity index (χ2n) is 5.51. The highest BCUT2D eigenvalue weighted by molar-refractivity contribution is 5.30.